The minimum absolute atomic E-state index is 0.142. The molecule has 3 rings (SSSR count). The summed E-state index contributed by atoms with van der Waals surface area (Å²) in [7, 11) is 0. The van der Waals surface area contributed by atoms with E-state index >= 15 is 0 Å². The van der Waals surface area contributed by atoms with Crippen molar-refractivity contribution in [1.29, 1.82) is 0 Å². The summed E-state index contributed by atoms with van der Waals surface area (Å²) in [5.74, 6) is 2.41. The van der Waals surface area contributed by atoms with Crippen LogP contribution in [0.15, 0.2) is 4.42 Å². The van der Waals surface area contributed by atoms with Crippen LogP contribution in [0, 0.1) is 11.8 Å². The van der Waals surface area contributed by atoms with Gasteiger partial charge in [0.05, 0.1) is 6.04 Å². The normalized spacial score (nSPS) is 27.8. The van der Waals surface area contributed by atoms with Crippen molar-refractivity contribution < 1.29 is 4.42 Å². The molecule has 1 aromatic rings. The lowest BCUT2D eigenvalue weighted by Crippen LogP contribution is -2.21. The molecular weight excluding hydrogens is 240 g/mol. The zero-order valence-corrected chi connectivity index (χ0v) is 11.9. The zero-order valence-electron chi connectivity index (χ0n) is 11.9. The molecule has 2 heterocycles. The second-order valence-electron chi connectivity index (χ2n) is 5.95. The topological polar surface area (TPSA) is 54.2 Å². The number of hydrogen-bond acceptors (Lipinski definition) is 5. The maximum absolute atomic E-state index is 5.83. The van der Waals surface area contributed by atoms with Crippen LogP contribution >= 0.6 is 0 Å². The minimum Gasteiger partial charge on any atom is -0.406 e. The number of aromatic nitrogens is 2. The molecule has 0 aromatic carbocycles. The molecule has 1 N–H and O–H groups in total. The first-order valence-electron chi connectivity index (χ1n) is 7.59. The average Bonchev–Trinajstić information content (AvgIpc) is 3.08. The Hall–Kier alpha value is -1.10. The van der Waals surface area contributed by atoms with Crippen LogP contribution in [0.2, 0.25) is 0 Å². The van der Waals surface area contributed by atoms with Crippen LogP contribution in [-0.4, -0.2) is 29.8 Å². The summed E-state index contributed by atoms with van der Waals surface area (Å²) in [5.41, 5.74) is 0. The average molecular weight is 264 g/mol. The van der Waals surface area contributed by atoms with E-state index in [1.54, 1.807) is 0 Å². The summed E-state index contributed by atoms with van der Waals surface area (Å²) in [5, 5.41) is 11.8. The van der Waals surface area contributed by atoms with Crippen LogP contribution < -0.4 is 10.2 Å². The Kier molecular flexibility index (Phi) is 3.73. The predicted molar refractivity (Wildman–Crippen MR) is 74.1 cm³/mol. The van der Waals surface area contributed by atoms with Gasteiger partial charge >= 0.3 is 6.01 Å². The highest BCUT2D eigenvalue weighted by Crippen LogP contribution is 2.39. The van der Waals surface area contributed by atoms with Crippen molar-refractivity contribution in [2.24, 2.45) is 11.8 Å². The van der Waals surface area contributed by atoms with Gasteiger partial charge in [0.25, 0.3) is 0 Å². The van der Waals surface area contributed by atoms with Crippen molar-refractivity contribution in [2.75, 3.05) is 24.5 Å². The van der Waals surface area contributed by atoms with E-state index in [4.69, 9.17) is 4.42 Å². The maximum Gasteiger partial charge on any atom is 0.318 e. The van der Waals surface area contributed by atoms with Gasteiger partial charge < -0.3 is 14.6 Å². The van der Waals surface area contributed by atoms with Gasteiger partial charge in [0.15, 0.2) is 0 Å². The van der Waals surface area contributed by atoms with E-state index in [0.29, 0.717) is 5.89 Å². The standard InChI is InChI=1S/C14H24N4O/c1-3-7-15-10(2)13-16-17-14(19-13)18-8-11-5-4-6-12(11)9-18/h10-12,15H,3-9H2,1-2H3. The highest BCUT2D eigenvalue weighted by Gasteiger charge is 2.38. The van der Waals surface area contributed by atoms with Gasteiger partial charge in [-0.1, -0.05) is 18.4 Å². The lowest BCUT2D eigenvalue weighted by atomic mass is 10.0. The molecule has 2 fully saturated rings. The van der Waals surface area contributed by atoms with Crippen molar-refractivity contribution in [3.63, 3.8) is 0 Å². The fourth-order valence-electron chi connectivity index (χ4n) is 3.37. The van der Waals surface area contributed by atoms with Crippen molar-refractivity contribution in [1.82, 2.24) is 15.5 Å². The van der Waals surface area contributed by atoms with Crippen LogP contribution in [0.5, 0.6) is 0 Å². The molecule has 2 aliphatic rings. The van der Waals surface area contributed by atoms with E-state index in [9.17, 15) is 0 Å². The Morgan fingerprint density at radius 3 is 2.74 bits per heavy atom. The highest BCUT2D eigenvalue weighted by atomic mass is 16.4. The van der Waals surface area contributed by atoms with Crippen molar-refractivity contribution in [2.45, 2.75) is 45.6 Å². The molecule has 0 amide bonds. The molecule has 1 aliphatic carbocycles. The van der Waals surface area contributed by atoms with Crippen molar-refractivity contribution in [3.05, 3.63) is 5.89 Å². The third-order valence-corrected chi connectivity index (χ3v) is 4.50. The number of fused-ring (bicyclic) bond motifs is 1. The highest BCUT2D eigenvalue weighted by molar-refractivity contribution is 5.28. The molecule has 106 valence electrons. The maximum atomic E-state index is 5.83. The number of nitrogens with one attached hydrogen (secondary N) is 1. The van der Waals surface area contributed by atoms with Crippen molar-refractivity contribution >= 4 is 6.01 Å². The number of anilines is 1. The number of nitrogens with zero attached hydrogens (tertiary/aromatic N) is 3. The molecule has 1 aromatic heterocycles. The zero-order chi connectivity index (χ0) is 13.2. The summed E-state index contributed by atoms with van der Waals surface area (Å²) in [6, 6.07) is 0.859. The quantitative estimate of drug-likeness (QED) is 0.885. The molecule has 5 nitrogen and oxygen atoms in total. The van der Waals surface area contributed by atoms with Gasteiger partial charge in [0.2, 0.25) is 5.89 Å². The van der Waals surface area contributed by atoms with E-state index in [1.165, 1.54) is 19.3 Å². The molecular formula is C14H24N4O. The molecule has 3 atom stereocenters. The Labute approximate surface area is 114 Å². The summed E-state index contributed by atoms with van der Waals surface area (Å²) in [6.07, 6.45) is 5.25. The van der Waals surface area contributed by atoms with Crippen LogP contribution in [-0.2, 0) is 0 Å². The molecule has 19 heavy (non-hydrogen) atoms. The van der Waals surface area contributed by atoms with Gasteiger partial charge in [-0.25, -0.2) is 0 Å². The van der Waals surface area contributed by atoms with Gasteiger partial charge in [-0.3, -0.25) is 0 Å². The number of hydrogen-bond donors (Lipinski definition) is 1. The predicted octanol–water partition coefficient (Wildman–Crippen LogP) is 2.37. The van der Waals surface area contributed by atoms with Gasteiger partial charge in [-0.2, -0.15) is 0 Å². The third-order valence-electron chi connectivity index (χ3n) is 4.50. The molecule has 0 bridgehead atoms. The van der Waals surface area contributed by atoms with Gasteiger partial charge in [-0.05, 0) is 44.6 Å². The molecule has 0 radical (unpaired) electrons. The van der Waals surface area contributed by atoms with Gasteiger partial charge in [-0.15, -0.1) is 5.10 Å². The Bertz CT molecular complexity index is 407. The second-order valence-corrected chi connectivity index (χ2v) is 5.95. The summed E-state index contributed by atoms with van der Waals surface area (Å²) < 4.78 is 5.83. The number of rotatable bonds is 5. The van der Waals surface area contributed by atoms with Crippen LogP contribution in [0.1, 0.15) is 51.5 Å². The Morgan fingerprint density at radius 2 is 2.05 bits per heavy atom. The minimum atomic E-state index is 0.142. The SMILES string of the molecule is CCCNC(C)c1nnc(N2CC3CCCC3C2)o1. The first kappa shape index (κ1) is 12.9. The monoisotopic (exact) mass is 264 g/mol. The molecule has 1 saturated heterocycles. The molecule has 1 aliphatic heterocycles. The van der Waals surface area contributed by atoms with Crippen LogP contribution in [0.3, 0.4) is 0 Å². The molecule has 0 spiro atoms. The van der Waals surface area contributed by atoms with Gasteiger partial charge in [0.1, 0.15) is 0 Å². The summed E-state index contributed by atoms with van der Waals surface area (Å²) in [4.78, 5) is 2.28. The second kappa shape index (κ2) is 5.49. The lowest BCUT2D eigenvalue weighted by Gasteiger charge is -2.13. The lowest BCUT2D eigenvalue weighted by molar-refractivity contribution is 0.415. The molecule has 5 heteroatoms. The van der Waals surface area contributed by atoms with Gasteiger partial charge in [0, 0.05) is 13.1 Å². The Morgan fingerprint density at radius 1 is 1.32 bits per heavy atom. The Balaban J connectivity index is 1.62. The van der Waals surface area contributed by atoms with E-state index < -0.39 is 0 Å². The molecule has 3 unspecified atom stereocenters. The fourth-order valence-corrected chi connectivity index (χ4v) is 3.37. The van der Waals surface area contributed by atoms with E-state index in [-0.39, 0.29) is 6.04 Å². The van der Waals surface area contributed by atoms with Crippen LogP contribution in [0.4, 0.5) is 6.01 Å². The van der Waals surface area contributed by atoms with E-state index in [0.717, 1.165) is 43.9 Å². The van der Waals surface area contributed by atoms with Crippen LogP contribution in [0.25, 0.3) is 0 Å². The largest absolute Gasteiger partial charge is 0.406 e. The van der Waals surface area contributed by atoms with E-state index in [1.807, 2.05) is 0 Å². The first-order valence-corrected chi connectivity index (χ1v) is 7.59. The fraction of sp³-hybridized carbons (Fsp3) is 0.857. The van der Waals surface area contributed by atoms with Crippen molar-refractivity contribution in [3.8, 4) is 0 Å². The molecule has 1 saturated carbocycles. The summed E-state index contributed by atoms with van der Waals surface area (Å²) >= 11 is 0. The summed E-state index contributed by atoms with van der Waals surface area (Å²) in [6.45, 7) is 7.41. The third kappa shape index (κ3) is 2.61. The first-order chi connectivity index (χ1) is 9.28. The van der Waals surface area contributed by atoms with E-state index in [2.05, 4.69) is 34.3 Å². The smallest absolute Gasteiger partial charge is 0.318 e.